The van der Waals surface area contributed by atoms with Crippen molar-refractivity contribution in [2.24, 2.45) is 17.8 Å². The van der Waals surface area contributed by atoms with E-state index in [-0.39, 0.29) is 11.8 Å². The van der Waals surface area contributed by atoms with Crippen LogP contribution in [-0.2, 0) is 9.59 Å². The molecule has 2 N–H and O–H groups in total. The van der Waals surface area contributed by atoms with Gasteiger partial charge in [0, 0.05) is 5.92 Å². The fraction of sp³-hybridized carbons (Fsp3) is 0.846. The van der Waals surface area contributed by atoms with Gasteiger partial charge in [-0.3, -0.25) is 4.79 Å². The maximum Gasteiger partial charge on any atom is 0.326 e. The zero-order valence-corrected chi connectivity index (χ0v) is 10.3. The van der Waals surface area contributed by atoms with Crippen molar-refractivity contribution in [3.8, 4) is 0 Å². The Morgan fingerprint density at radius 1 is 1.29 bits per heavy atom. The summed E-state index contributed by atoms with van der Waals surface area (Å²) in [5.74, 6) is 0.632. The molecule has 0 aromatic heterocycles. The minimum Gasteiger partial charge on any atom is -0.480 e. The van der Waals surface area contributed by atoms with E-state index in [1.165, 1.54) is 6.42 Å². The normalized spacial score (nSPS) is 31.7. The second-order valence-corrected chi connectivity index (χ2v) is 5.47. The molecule has 0 heterocycles. The minimum absolute atomic E-state index is 0.0410. The summed E-state index contributed by atoms with van der Waals surface area (Å²) in [6.07, 6.45) is 5.55. The Bertz CT molecular complexity index is 306. The number of fused-ring (bicyclic) bond motifs is 1. The third-order valence-corrected chi connectivity index (χ3v) is 4.08. The molecular formula is C13H21NO3. The highest BCUT2D eigenvalue weighted by atomic mass is 16.4. The average Bonchev–Trinajstić information content (AvgIpc) is 2.90. The smallest absolute Gasteiger partial charge is 0.326 e. The molecule has 0 saturated heterocycles. The van der Waals surface area contributed by atoms with Crippen LogP contribution in [0.1, 0.15) is 45.4 Å². The Balaban J connectivity index is 1.80. The van der Waals surface area contributed by atoms with Crippen LogP contribution in [-0.4, -0.2) is 23.0 Å². The lowest BCUT2D eigenvalue weighted by atomic mass is 10.0. The van der Waals surface area contributed by atoms with E-state index >= 15 is 0 Å². The number of aliphatic carboxylic acids is 1. The van der Waals surface area contributed by atoms with Crippen molar-refractivity contribution in [3.05, 3.63) is 0 Å². The lowest BCUT2D eigenvalue weighted by Gasteiger charge is -2.17. The number of carboxylic acid groups (broad SMARTS) is 1. The summed E-state index contributed by atoms with van der Waals surface area (Å²) in [4.78, 5) is 22.9. The summed E-state index contributed by atoms with van der Waals surface area (Å²) in [6.45, 7) is 2.02. The van der Waals surface area contributed by atoms with Crippen LogP contribution in [0.15, 0.2) is 0 Å². The van der Waals surface area contributed by atoms with Gasteiger partial charge >= 0.3 is 5.97 Å². The highest BCUT2D eigenvalue weighted by Crippen LogP contribution is 2.54. The molecule has 2 saturated carbocycles. The Labute approximate surface area is 102 Å². The van der Waals surface area contributed by atoms with Crippen molar-refractivity contribution >= 4 is 11.9 Å². The number of nitrogens with one attached hydrogen (secondary N) is 1. The largest absolute Gasteiger partial charge is 0.480 e. The second-order valence-electron chi connectivity index (χ2n) is 5.47. The van der Waals surface area contributed by atoms with Crippen LogP contribution in [0.5, 0.6) is 0 Å². The molecule has 17 heavy (non-hydrogen) atoms. The van der Waals surface area contributed by atoms with E-state index in [1.54, 1.807) is 0 Å². The zero-order valence-electron chi connectivity index (χ0n) is 10.3. The van der Waals surface area contributed by atoms with E-state index in [2.05, 4.69) is 5.32 Å². The molecule has 4 nitrogen and oxygen atoms in total. The highest BCUT2D eigenvalue weighted by Gasteiger charge is 2.48. The Kier molecular flexibility index (Phi) is 3.69. The molecule has 0 spiro atoms. The third kappa shape index (κ3) is 2.99. The molecule has 2 aliphatic carbocycles. The highest BCUT2D eigenvalue weighted by molar-refractivity contribution is 5.85. The summed E-state index contributed by atoms with van der Waals surface area (Å²) < 4.78 is 0. The number of carboxylic acids is 1. The van der Waals surface area contributed by atoms with Crippen molar-refractivity contribution in [1.29, 1.82) is 0 Å². The van der Waals surface area contributed by atoms with Gasteiger partial charge in [-0.25, -0.2) is 4.79 Å². The molecule has 0 aromatic rings. The van der Waals surface area contributed by atoms with Crippen LogP contribution in [0.25, 0.3) is 0 Å². The molecule has 3 unspecified atom stereocenters. The summed E-state index contributed by atoms with van der Waals surface area (Å²) in [5, 5.41) is 11.7. The molecule has 96 valence electrons. The first-order valence-corrected chi connectivity index (χ1v) is 6.65. The molecule has 0 bridgehead atoms. The van der Waals surface area contributed by atoms with E-state index in [0.29, 0.717) is 6.42 Å². The van der Waals surface area contributed by atoms with Gasteiger partial charge in [0.25, 0.3) is 0 Å². The average molecular weight is 239 g/mol. The lowest BCUT2D eigenvalue weighted by Crippen LogP contribution is -2.43. The van der Waals surface area contributed by atoms with E-state index in [4.69, 9.17) is 5.11 Å². The second kappa shape index (κ2) is 5.07. The molecule has 2 rings (SSSR count). The zero-order chi connectivity index (χ0) is 12.4. The fourth-order valence-corrected chi connectivity index (χ4v) is 2.88. The number of unbranched alkanes of at least 4 members (excludes halogenated alkanes) is 1. The minimum atomic E-state index is -0.907. The van der Waals surface area contributed by atoms with Gasteiger partial charge in [-0.1, -0.05) is 19.8 Å². The third-order valence-electron chi connectivity index (χ3n) is 4.08. The lowest BCUT2D eigenvalue weighted by molar-refractivity contribution is -0.142. The summed E-state index contributed by atoms with van der Waals surface area (Å²) in [7, 11) is 0. The monoisotopic (exact) mass is 239 g/mol. The summed E-state index contributed by atoms with van der Waals surface area (Å²) in [6, 6.07) is -0.695. The Hall–Kier alpha value is -1.06. The Morgan fingerprint density at radius 2 is 1.94 bits per heavy atom. The number of carbonyl (C=O) groups excluding carboxylic acids is 1. The number of hydrogen-bond donors (Lipinski definition) is 2. The van der Waals surface area contributed by atoms with Crippen molar-refractivity contribution in [3.63, 3.8) is 0 Å². The SMILES string of the molecule is CCCCC(NC(=O)C1CC2CC2C1)C(=O)O. The van der Waals surface area contributed by atoms with Gasteiger partial charge in [0.05, 0.1) is 0 Å². The van der Waals surface area contributed by atoms with Crippen molar-refractivity contribution in [2.45, 2.75) is 51.5 Å². The maximum absolute atomic E-state index is 11.9. The first-order chi connectivity index (χ1) is 8.11. The van der Waals surface area contributed by atoms with Gasteiger partial charge in [0.15, 0.2) is 0 Å². The number of amides is 1. The molecule has 3 atom stereocenters. The topological polar surface area (TPSA) is 66.4 Å². The van der Waals surface area contributed by atoms with Crippen LogP contribution < -0.4 is 5.32 Å². The predicted molar refractivity (Wildman–Crippen MR) is 63.4 cm³/mol. The summed E-state index contributed by atoms with van der Waals surface area (Å²) in [5.41, 5.74) is 0. The molecule has 0 aliphatic heterocycles. The molecule has 1 amide bonds. The van der Waals surface area contributed by atoms with Crippen LogP contribution in [0, 0.1) is 17.8 Å². The molecule has 2 fully saturated rings. The van der Waals surface area contributed by atoms with E-state index in [1.807, 2.05) is 6.92 Å². The Morgan fingerprint density at radius 3 is 2.47 bits per heavy atom. The molecule has 0 aromatic carbocycles. The first kappa shape index (κ1) is 12.4. The van der Waals surface area contributed by atoms with Crippen molar-refractivity contribution in [1.82, 2.24) is 5.32 Å². The molecular weight excluding hydrogens is 218 g/mol. The molecule has 2 aliphatic rings. The van der Waals surface area contributed by atoms with E-state index in [0.717, 1.165) is 37.5 Å². The van der Waals surface area contributed by atoms with Gasteiger partial charge in [-0.2, -0.15) is 0 Å². The quantitative estimate of drug-likeness (QED) is 0.742. The summed E-state index contributed by atoms with van der Waals surface area (Å²) >= 11 is 0. The van der Waals surface area contributed by atoms with Crippen LogP contribution in [0.4, 0.5) is 0 Å². The molecule has 0 radical (unpaired) electrons. The van der Waals surface area contributed by atoms with Crippen LogP contribution >= 0.6 is 0 Å². The van der Waals surface area contributed by atoms with Gasteiger partial charge < -0.3 is 10.4 Å². The van der Waals surface area contributed by atoms with Gasteiger partial charge in [-0.05, 0) is 37.5 Å². The maximum atomic E-state index is 11.9. The predicted octanol–water partition coefficient (Wildman–Crippen LogP) is 1.79. The van der Waals surface area contributed by atoms with E-state index < -0.39 is 12.0 Å². The number of rotatable bonds is 6. The van der Waals surface area contributed by atoms with Crippen LogP contribution in [0.2, 0.25) is 0 Å². The van der Waals surface area contributed by atoms with E-state index in [9.17, 15) is 9.59 Å². The van der Waals surface area contributed by atoms with Crippen LogP contribution in [0.3, 0.4) is 0 Å². The van der Waals surface area contributed by atoms with Gasteiger partial charge in [-0.15, -0.1) is 0 Å². The number of hydrogen-bond acceptors (Lipinski definition) is 2. The standard InChI is InChI=1S/C13H21NO3/c1-2-3-4-11(13(16)17)14-12(15)10-6-8-5-9(8)7-10/h8-11H,2-7H2,1H3,(H,14,15)(H,16,17). The number of carbonyl (C=O) groups is 2. The van der Waals surface area contributed by atoms with Crippen molar-refractivity contribution in [2.75, 3.05) is 0 Å². The van der Waals surface area contributed by atoms with Gasteiger partial charge in [0.1, 0.15) is 6.04 Å². The first-order valence-electron chi connectivity index (χ1n) is 6.65. The fourth-order valence-electron chi connectivity index (χ4n) is 2.88. The van der Waals surface area contributed by atoms with Gasteiger partial charge in [0.2, 0.25) is 5.91 Å². The van der Waals surface area contributed by atoms with Crippen molar-refractivity contribution < 1.29 is 14.7 Å². The molecule has 4 heteroatoms.